The molecule has 2 nitrogen and oxygen atoms in total. The molecular weight excluding hydrogens is 434 g/mol. The zero-order valence-corrected chi connectivity index (χ0v) is 17.4. The summed E-state index contributed by atoms with van der Waals surface area (Å²) in [7, 11) is 0. The van der Waals surface area contributed by atoms with Crippen molar-refractivity contribution in [2.24, 2.45) is 17.8 Å². The van der Waals surface area contributed by atoms with Crippen LogP contribution in [0.15, 0.2) is 18.2 Å². The van der Waals surface area contributed by atoms with Gasteiger partial charge in [-0.1, -0.05) is 25.7 Å². The predicted octanol–water partition coefficient (Wildman–Crippen LogP) is 6.66. The molecule has 1 saturated heterocycles. The largest absolute Gasteiger partial charge is 0.458 e. The normalized spacial score (nSPS) is 26.6. The van der Waals surface area contributed by atoms with E-state index in [1.54, 1.807) is 0 Å². The molecule has 0 spiro atoms. The third kappa shape index (κ3) is 4.89. The fraction of sp³-hybridized carbons (Fsp3) is 0.500. The lowest BCUT2D eigenvalue weighted by Crippen LogP contribution is -2.34. The van der Waals surface area contributed by atoms with Gasteiger partial charge in [-0.15, -0.1) is 0 Å². The molecule has 4 rings (SSSR count). The Kier molecular flexibility index (Phi) is 6.42. The van der Waals surface area contributed by atoms with E-state index in [0.29, 0.717) is 19.1 Å². The van der Waals surface area contributed by atoms with Crippen molar-refractivity contribution in [2.45, 2.75) is 45.1 Å². The van der Waals surface area contributed by atoms with Crippen molar-refractivity contribution in [3.8, 4) is 11.8 Å². The number of rotatable bonds is 2. The van der Waals surface area contributed by atoms with Gasteiger partial charge in [-0.3, -0.25) is 0 Å². The van der Waals surface area contributed by atoms with Crippen LogP contribution in [0, 0.1) is 47.0 Å². The zero-order valence-electron chi connectivity index (χ0n) is 17.4. The molecule has 2 aromatic carbocycles. The standard InChI is InChI=1S/C24H22F6O2/c1-13-2-4-14(5-3-13)17-11-31-23(32-12-17)16-8-15-9-19(25)18(6-7-24(28,29)30)22(27)21(15)20(26)10-16/h8-10,13-14,17,23H,2-5,11-12H2,1H3. The molecule has 2 fully saturated rings. The van der Waals surface area contributed by atoms with Gasteiger partial charge in [0, 0.05) is 17.4 Å². The lowest BCUT2D eigenvalue weighted by atomic mass is 9.76. The number of hydrogen-bond acceptors (Lipinski definition) is 2. The molecule has 0 radical (unpaired) electrons. The summed E-state index contributed by atoms with van der Waals surface area (Å²) >= 11 is 0. The van der Waals surface area contributed by atoms with Crippen molar-refractivity contribution in [3.05, 3.63) is 46.8 Å². The molecule has 0 N–H and O–H groups in total. The first-order chi connectivity index (χ1) is 15.1. The van der Waals surface area contributed by atoms with E-state index in [9.17, 15) is 26.3 Å². The topological polar surface area (TPSA) is 18.5 Å². The average Bonchev–Trinajstić information content (AvgIpc) is 2.73. The molecule has 8 heteroatoms. The summed E-state index contributed by atoms with van der Waals surface area (Å²) in [6.45, 7) is 3.13. The fourth-order valence-corrected chi connectivity index (χ4v) is 4.56. The van der Waals surface area contributed by atoms with Crippen molar-refractivity contribution >= 4 is 10.8 Å². The molecule has 1 aliphatic heterocycles. The molecule has 0 amide bonds. The van der Waals surface area contributed by atoms with Gasteiger partial charge in [0.2, 0.25) is 0 Å². The Morgan fingerprint density at radius 3 is 2.16 bits per heavy atom. The van der Waals surface area contributed by atoms with Crippen LogP contribution in [0.1, 0.15) is 50.0 Å². The fourth-order valence-electron chi connectivity index (χ4n) is 4.56. The van der Waals surface area contributed by atoms with Crippen molar-refractivity contribution in [1.82, 2.24) is 0 Å². The third-order valence-electron chi connectivity index (χ3n) is 6.36. The van der Waals surface area contributed by atoms with Gasteiger partial charge in [0.25, 0.3) is 0 Å². The molecule has 0 bridgehead atoms. The minimum atomic E-state index is -4.93. The number of benzene rings is 2. The first-order valence-electron chi connectivity index (χ1n) is 10.6. The highest BCUT2D eigenvalue weighted by Gasteiger charge is 2.32. The van der Waals surface area contributed by atoms with Gasteiger partial charge < -0.3 is 9.47 Å². The van der Waals surface area contributed by atoms with Crippen LogP contribution in [-0.4, -0.2) is 19.4 Å². The van der Waals surface area contributed by atoms with Crippen LogP contribution in [0.4, 0.5) is 26.3 Å². The maximum atomic E-state index is 14.7. The van der Waals surface area contributed by atoms with Crippen LogP contribution in [0.3, 0.4) is 0 Å². The Labute approximate surface area is 181 Å². The van der Waals surface area contributed by atoms with Crippen molar-refractivity contribution < 1.29 is 35.8 Å². The van der Waals surface area contributed by atoms with E-state index >= 15 is 0 Å². The summed E-state index contributed by atoms with van der Waals surface area (Å²) in [5.41, 5.74) is -0.880. The maximum Gasteiger partial charge on any atom is 0.458 e. The number of fused-ring (bicyclic) bond motifs is 1. The van der Waals surface area contributed by atoms with Gasteiger partial charge in [0.15, 0.2) is 12.1 Å². The van der Waals surface area contributed by atoms with Crippen molar-refractivity contribution in [2.75, 3.05) is 13.2 Å². The molecule has 0 atom stereocenters. The summed E-state index contributed by atoms with van der Waals surface area (Å²) in [6.07, 6.45) is -1.24. The molecule has 172 valence electrons. The van der Waals surface area contributed by atoms with Gasteiger partial charge in [-0.25, -0.2) is 13.2 Å². The average molecular weight is 456 g/mol. The minimum Gasteiger partial charge on any atom is -0.348 e. The predicted molar refractivity (Wildman–Crippen MR) is 106 cm³/mol. The van der Waals surface area contributed by atoms with Crippen LogP contribution in [-0.2, 0) is 9.47 Å². The molecule has 1 heterocycles. The Morgan fingerprint density at radius 2 is 1.53 bits per heavy atom. The Bertz CT molecular complexity index is 1050. The van der Waals surface area contributed by atoms with Crippen molar-refractivity contribution in [3.63, 3.8) is 0 Å². The molecule has 1 aliphatic carbocycles. The van der Waals surface area contributed by atoms with Gasteiger partial charge >= 0.3 is 6.18 Å². The van der Waals surface area contributed by atoms with Gasteiger partial charge in [-0.05, 0) is 48.3 Å². The minimum absolute atomic E-state index is 0.150. The number of halogens is 6. The number of hydrogen-bond donors (Lipinski definition) is 0. The van der Waals surface area contributed by atoms with E-state index in [-0.39, 0.29) is 16.9 Å². The second kappa shape index (κ2) is 8.95. The van der Waals surface area contributed by atoms with E-state index in [1.807, 2.05) is 0 Å². The third-order valence-corrected chi connectivity index (χ3v) is 6.36. The van der Waals surface area contributed by atoms with Crippen LogP contribution in [0.25, 0.3) is 10.8 Å². The molecule has 0 unspecified atom stereocenters. The van der Waals surface area contributed by atoms with E-state index in [0.717, 1.165) is 36.8 Å². The summed E-state index contributed by atoms with van der Waals surface area (Å²) in [6, 6.07) is 3.08. The second-order valence-electron chi connectivity index (χ2n) is 8.67. The van der Waals surface area contributed by atoms with E-state index in [1.165, 1.54) is 24.8 Å². The molecular formula is C24H22F6O2. The summed E-state index contributed by atoms with van der Waals surface area (Å²) in [4.78, 5) is 0. The van der Waals surface area contributed by atoms with Crippen LogP contribution >= 0.6 is 0 Å². The van der Waals surface area contributed by atoms with E-state index in [2.05, 4.69) is 6.92 Å². The van der Waals surface area contributed by atoms with E-state index in [4.69, 9.17) is 9.47 Å². The Balaban J connectivity index is 1.56. The zero-order chi connectivity index (χ0) is 23.0. The van der Waals surface area contributed by atoms with Gasteiger partial charge in [0.1, 0.15) is 11.6 Å². The van der Waals surface area contributed by atoms with Gasteiger partial charge in [0.05, 0.1) is 24.2 Å². The quantitative estimate of drug-likeness (QED) is 0.372. The molecule has 32 heavy (non-hydrogen) atoms. The summed E-state index contributed by atoms with van der Waals surface area (Å²) in [5, 5.41) is -0.783. The monoisotopic (exact) mass is 456 g/mol. The molecule has 0 aromatic heterocycles. The molecule has 2 aromatic rings. The van der Waals surface area contributed by atoms with Gasteiger partial charge in [-0.2, -0.15) is 13.2 Å². The maximum absolute atomic E-state index is 14.7. The lowest BCUT2D eigenvalue weighted by Gasteiger charge is -2.37. The first kappa shape index (κ1) is 22.9. The second-order valence-corrected chi connectivity index (χ2v) is 8.67. The SMILES string of the molecule is CC1CCC(C2COC(c3cc(F)c4c(F)c(C#CC(F)(F)F)c(F)cc4c3)OC2)CC1. The smallest absolute Gasteiger partial charge is 0.348 e. The Hall–Kier alpha value is -2.24. The van der Waals surface area contributed by atoms with Crippen molar-refractivity contribution in [1.29, 1.82) is 0 Å². The summed E-state index contributed by atoms with van der Waals surface area (Å²) in [5.74, 6) is -0.125. The highest BCUT2D eigenvalue weighted by atomic mass is 19.4. The highest BCUT2D eigenvalue weighted by molar-refractivity contribution is 5.86. The van der Waals surface area contributed by atoms with E-state index < -0.39 is 40.9 Å². The number of alkyl halides is 3. The molecule has 1 saturated carbocycles. The van der Waals surface area contributed by atoms with Crippen LogP contribution in [0.5, 0.6) is 0 Å². The first-order valence-corrected chi connectivity index (χ1v) is 10.6. The Morgan fingerprint density at radius 1 is 0.875 bits per heavy atom. The number of ether oxygens (including phenoxy) is 2. The lowest BCUT2D eigenvalue weighted by molar-refractivity contribution is -0.214. The highest BCUT2D eigenvalue weighted by Crippen LogP contribution is 2.38. The summed E-state index contributed by atoms with van der Waals surface area (Å²) < 4.78 is 92.1. The van der Waals surface area contributed by atoms with Crippen LogP contribution < -0.4 is 0 Å². The van der Waals surface area contributed by atoms with Crippen LogP contribution in [0.2, 0.25) is 0 Å². The molecule has 2 aliphatic rings.